The molecule has 0 aliphatic heterocycles. The van der Waals surface area contributed by atoms with Gasteiger partial charge in [-0.05, 0) is 12.5 Å². The standard InChI is InChI=1S/C10H12BrNO4/c1-15-10-7-8(16-6-2-5-11)3-4-9(10)12(13)14/h3-4,7H,2,5-6H2,1H3. The summed E-state index contributed by atoms with van der Waals surface area (Å²) in [7, 11) is 1.39. The summed E-state index contributed by atoms with van der Waals surface area (Å²) in [6.45, 7) is 0.562. The van der Waals surface area contributed by atoms with Crippen molar-refractivity contribution in [3.05, 3.63) is 28.3 Å². The van der Waals surface area contributed by atoms with E-state index >= 15 is 0 Å². The molecule has 0 radical (unpaired) electrons. The van der Waals surface area contributed by atoms with Crippen LogP contribution in [0, 0.1) is 10.1 Å². The molecule has 0 saturated heterocycles. The Bertz CT molecular complexity index is 370. The molecule has 16 heavy (non-hydrogen) atoms. The Labute approximate surface area is 102 Å². The molecule has 0 N–H and O–H groups in total. The van der Waals surface area contributed by atoms with Crippen LogP contribution in [0.5, 0.6) is 11.5 Å². The largest absolute Gasteiger partial charge is 0.493 e. The topological polar surface area (TPSA) is 61.6 Å². The van der Waals surface area contributed by atoms with Crippen molar-refractivity contribution in [2.75, 3.05) is 19.0 Å². The number of ether oxygens (including phenoxy) is 2. The van der Waals surface area contributed by atoms with E-state index in [-0.39, 0.29) is 11.4 Å². The number of benzene rings is 1. The summed E-state index contributed by atoms with van der Waals surface area (Å²) in [5.74, 6) is 0.782. The molecule has 88 valence electrons. The fourth-order valence-electron chi connectivity index (χ4n) is 1.14. The lowest BCUT2D eigenvalue weighted by molar-refractivity contribution is -0.385. The second kappa shape index (κ2) is 6.32. The quantitative estimate of drug-likeness (QED) is 0.350. The zero-order valence-electron chi connectivity index (χ0n) is 8.81. The number of methoxy groups -OCH3 is 1. The molecule has 5 nitrogen and oxygen atoms in total. The maximum Gasteiger partial charge on any atom is 0.311 e. The first-order chi connectivity index (χ1) is 7.69. The fourth-order valence-corrected chi connectivity index (χ4v) is 1.37. The highest BCUT2D eigenvalue weighted by Gasteiger charge is 2.14. The van der Waals surface area contributed by atoms with Gasteiger partial charge in [0.1, 0.15) is 5.75 Å². The Morgan fingerprint density at radius 2 is 2.25 bits per heavy atom. The summed E-state index contributed by atoms with van der Waals surface area (Å²) in [5, 5.41) is 11.5. The van der Waals surface area contributed by atoms with Crippen LogP contribution in [0.2, 0.25) is 0 Å². The SMILES string of the molecule is COc1cc(OCCCBr)ccc1[N+](=O)[O-]. The molecule has 0 bridgehead atoms. The highest BCUT2D eigenvalue weighted by molar-refractivity contribution is 9.09. The molecular formula is C10H12BrNO4. The first-order valence-electron chi connectivity index (χ1n) is 4.70. The average molecular weight is 290 g/mol. The van der Waals surface area contributed by atoms with E-state index in [1.165, 1.54) is 19.2 Å². The van der Waals surface area contributed by atoms with Gasteiger partial charge < -0.3 is 9.47 Å². The Morgan fingerprint density at radius 3 is 2.81 bits per heavy atom. The van der Waals surface area contributed by atoms with Crippen molar-refractivity contribution in [3.8, 4) is 11.5 Å². The summed E-state index contributed by atoms with van der Waals surface area (Å²) in [6.07, 6.45) is 0.874. The van der Waals surface area contributed by atoms with Crippen LogP contribution in [0.15, 0.2) is 18.2 Å². The second-order valence-electron chi connectivity index (χ2n) is 2.98. The van der Waals surface area contributed by atoms with E-state index in [1.807, 2.05) is 0 Å². The van der Waals surface area contributed by atoms with Gasteiger partial charge in [0.25, 0.3) is 0 Å². The van der Waals surface area contributed by atoms with Gasteiger partial charge in [0, 0.05) is 17.5 Å². The molecule has 0 spiro atoms. The molecule has 0 aromatic heterocycles. The molecule has 0 heterocycles. The van der Waals surface area contributed by atoms with E-state index in [4.69, 9.17) is 9.47 Å². The molecule has 1 aromatic rings. The first kappa shape index (κ1) is 12.8. The smallest absolute Gasteiger partial charge is 0.311 e. The lowest BCUT2D eigenvalue weighted by Gasteiger charge is -2.07. The van der Waals surface area contributed by atoms with E-state index in [0.717, 1.165) is 11.8 Å². The van der Waals surface area contributed by atoms with E-state index in [1.54, 1.807) is 6.07 Å². The van der Waals surface area contributed by atoms with Gasteiger partial charge in [0.15, 0.2) is 0 Å². The zero-order chi connectivity index (χ0) is 12.0. The third-order valence-corrected chi connectivity index (χ3v) is 2.46. The van der Waals surface area contributed by atoms with Crippen molar-refractivity contribution in [3.63, 3.8) is 0 Å². The molecule has 0 unspecified atom stereocenters. The van der Waals surface area contributed by atoms with Gasteiger partial charge >= 0.3 is 5.69 Å². The number of rotatable bonds is 6. The van der Waals surface area contributed by atoms with Crippen LogP contribution in [0.3, 0.4) is 0 Å². The number of nitro benzene ring substituents is 1. The first-order valence-corrected chi connectivity index (χ1v) is 5.82. The van der Waals surface area contributed by atoms with Gasteiger partial charge in [-0.15, -0.1) is 0 Å². The molecule has 1 rings (SSSR count). The maximum atomic E-state index is 10.6. The molecule has 0 aliphatic rings. The molecular weight excluding hydrogens is 278 g/mol. The predicted molar refractivity (Wildman–Crippen MR) is 63.6 cm³/mol. The van der Waals surface area contributed by atoms with Crippen LogP contribution in [0.1, 0.15) is 6.42 Å². The maximum absolute atomic E-state index is 10.6. The van der Waals surface area contributed by atoms with E-state index < -0.39 is 4.92 Å². The van der Waals surface area contributed by atoms with Crippen molar-refractivity contribution in [1.82, 2.24) is 0 Å². The van der Waals surface area contributed by atoms with Gasteiger partial charge in [-0.2, -0.15) is 0 Å². The van der Waals surface area contributed by atoms with Gasteiger partial charge in [-0.3, -0.25) is 10.1 Å². The number of hydrogen-bond donors (Lipinski definition) is 0. The van der Waals surface area contributed by atoms with Crippen LogP contribution in [-0.2, 0) is 0 Å². The van der Waals surface area contributed by atoms with E-state index in [2.05, 4.69) is 15.9 Å². The molecule has 0 aliphatic carbocycles. The third kappa shape index (κ3) is 3.37. The molecule has 0 fully saturated rings. The minimum atomic E-state index is -0.485. The summed E-state index contributed by atoms with van der Waals surface area (Å²) >= 11 is 3.29. The normalized spacial score (nSPS) is 9.88. The summed E-state index contributed by atoms with van der Waals surface area (Å²) in [6, 6.07) is 4.46. The predicted octanol–water partition coefficient (Wildman–Crippen LogP) is 2.77. The summed E-state index contributed by atoms with van der Waals surface area (Å²) in [4.78, 5) is 10.1. The number of hydrogen-bond acceptors (Lipinski definition) is 4. The monoisotopic (exact) mass is 289 g/mol. The van der Waals surface area contributed by atoms with Crippen molar-refractivity contribution in [2.45, 2.75) is 6.42 Å². The lowest BCUT2D eigenvalue weighted by atomic mass is 10.3. The van der Waals surface area contributed by atoms with E-state index in [9.17, 15) is 10.1 Å². The molecule has 0 saturated carbocycles. The van der Waals surface area contributed by atoms with Crippen molar-refractivity contribution in [2.24, 2.45) is 0 Å². The van der Waals surface area contributed by atoms with Gasteiger partial charge in [-0.1, -0.05) is 15.9 Å². The van der Waals surface area contributed by atoms with Gasteiger partial charge in [0.2, 0.25) is 5.75 Å². The summed E-state index contributed by atoms with van der Waals surface area (Å²) in [5.41, 5.74) is -0.0599. The third-order valence-electron chi connectivity index (χ3n) is 1.89. The number of nitro groups is 1. The van der Waals surface area contributed by atoms with Crippen LogP contribution >= 0.6 is 15.9 Å². The fraction of sp³-hybridized carbons (Fsp3) is 0.400. The van der Waals surface area contributed by atoms with Crippen molar-refractivity contribution in [1.29, 1.82) is 0 Å². The van der Waals surface area contributed by atoms with Gasteiger partial charge in [-0.25, -0.2) is 0 Å². The van der Waals surface area contributed by atoms with Crippen LogP contribution < -0.4 is 9.47 Å². The lowest BCUT2D eigenvalue weighted by Crippen LogP contribution is -1.99. The Balaban J connectivity index is 2.78. The Kier molecular flexibility index (Phi) is 5.04. The number of halogens is 1. The highest BCUT2D eigenvalue weighted by atomic mass is 79.9. The van der Waals surface area contributed by atoms with Gasteiger partial charge in [0.05, 0.1) is 18.6 Å². The molecule has 6 heteroatoms. The Hall–Kier alpha value is -1.30. The molecule has 0 atom stereocenters. The minimum Gasteiger partial charge on any atom is -0.493 e. The highest BCUT2D eigenvalue weighted by Crippen LogP contribution is 2.30. The van der Waals surface area contributed by atoms with Crippen LogP contribution in [-0.4, -0.2) is 24.0 Å². The number of alkyl halides is 1. The minimum absolute atomic E-state index is 0.0599. The number of nitrogens with zero attached hydrogens (tertiary/aromatic N) is 1. The molecule has 1 aromatic carbocycles. The second-order valence-corrected chi connectivity index (χ2v) is 3.77. The summed E-state index contributed by atoms with van der Waals surface area (Å²) < 4.78 is 10.3. The van der Waals surface area contributed by atoms with Crippen LogP contribution in [0.4, 0.5) is 5.69 Å². The zero-order valence-corrected chi connectivity index (χ0v) is 10.4. The van der Waals surface area contributed by atoms with E-state index in [0.29, 0.717) is 12.4 Å². The molecule has 0 amide bonds. The van der Waals surface area contributed by atoms with Crippen molar-refractivity contribution >= 4 is 21.6 Å². The average Bonchev–Trinajstić information content (AvgIpc) is 2.29. The van der Waals surface area contributed by atoms with Crippen molar-refractivity contribution < 1.29 is 14.4 Å². The van der Waals surface area contributed by atoms with Crippen LogP contribution in [0.25, 0.3) is 0 Å². The Morgan fingerprint density at radius 1 is 1.50 bits per heavy atom.